The summed E-state index contributed by atoms with van der Waals surface area (Å²) >= 11 is 0. The number of carbonyl (C=O) groups is 1. The molecule has 3 rings (SSSR count). The van der Waals surface area contributed by atoms with Gasteiger partial charge in [0.25, 0.3) is 5.91 Å². The number of hydrogen-bond donors (Lipinski definition) is 2. The summed E-state index contributed by atoms with van der Waals surface area (Å²) in [6.07, 6.45) is -1.51. The van der Waals surface area contributed by atoms with Gasteiger partial charge in [0, 0.05) is 30.4 Å². The standard InChI is InChI=1S/C18H18F3N3O2.2ClH/c19-18(20,21)13-5-8-16(23-9-13)26-14-6-3-12(4-7-14)17(25)24-10-15(22)11-1-2-11;;/h3-9,11,15H,1-2,10,22H2,(H,24,25);2*1H. The smallest absolute Gasteiger partial charge is 0.417 e. The van der Waals surface area contributed by atoms with E-state index in [1.165, 1.54) is 0 Å². The Hall–Kier alpha value is -2.03. The summed E-state index contributed by atoms with van der Waals surface area (Å²) in [7, 11) is 0. The average Bonchev–Trinajstić information content (AvgIpc) is 3.45. The number of hydrogen-bond acceptors (Lipinski definition) is 4. The zero-order chi connectivity index (χ0) is 18.7. The first-order valence-electron chi connectivity index (χ1n) is 8.18. The molecule has 1 aromatic heterocycles. The third kappa shape index (κ3) is 6.54. The van der Waals surface area contributed by atoms with E-state index in [-0.39, 0.29) is 42.6 Å². The summed E-state index contributed by atoms with van der Waals surface area (Å²) in [5, 5.41) is 2.79. The van der Waals surface area contributed by atoms with Gasteiger partial charge < -0.3 is 15.8 Å². The van der Waals surface area contributed by atoms with Gasteiger partial charge in [0.1, 0.15) is 5.75 Å². The maximum atomic E-state index is 12.5. The molecule has 28 heavy (non-hydrogen) atoms. The van der Waals surface area contributed by atoms with Crippen molar-refractivity contribution in [3.8, 4) is 11.6 Å². The Kier molecular flexibility index (Phi) is 8.53. The second-order valence-corrected chi connectivity index (χ2v) is 6.22. The van der Waals surface area contributed by atoms with E-state index in [1.54, 1.807) is 24.3 Å². The van der Waals surface area contributed by atoms with Crippen LogP contribution in [-0.4, -0.2) is 23.5 Å². The lowest BCUT2D eigenvalue weighted by Gasteiger charge is -2.12. The minimum Gasteiger partial charge on any atom is -0.439 e. The molecule has 1 aliphatic rings. The molecular formula is C18H20Cl2F3N3O2. The Balaban J connectivity index is 0.00000196. The molecule has 1 aromatic carbocycles. The van der Waals surface area contributed by atoms with E-state index in [1.807, 2.05) is 0 Å². The van der Waals surface area contributed by atoms with Crippen molar-refractivity contribution in [1.29, 1.82) is 0 Å². The lowest BCUT2D eigenvalue weighted by molar-refractivity contribution is -0.137. The molecule has 2 aromatic rings. The maximum Gasteiger partial charge on any atom is 0.417 e. The molecule has 10 heteroatoms. The van der Waals surface area contributed by atoms with Crippen LogP contribution in [0.3, 0.4) is 0 Å². The minimum absolute atomic E-state index is 0. The highest BCUT2D eigenvalue weighted by molar-refractivity contribution is 5.94. The zero-order valence-electron chi connectivity index (χ0n) is 14.6. The average molecular weight is 438 g/mol. The van der Waals surface area contributed by atoms with Crippen molar-refractivity contribution >= 4 is 30.7 Å². The van der Waals surface area contributed by atoms with Crippen LogP contribution in [0.1, 0.15) is 28.8 Å². The van der Waals surface area contributed by atoms with Crippen LogP contribution in [0.2, 0.25) is 0 Å². The predicted octanol–water partition coefficient (Wildman–Crippen LogP) is 4.20. The summed E-state index contributed by atoms with van der Waals surface area (Å²) < 4.78 is 42.9. The van der Waals surface area contributed by atoms with E-state index < -0.39 is 11.7 Å². The van der Waals surface area contributed by atoms with E-state index in [0.717, 1.165) is 25.0 Å². The van der Waals surface area contributed by atoms with Crippen molar-refractivity contribution in [2.45, 2.75) is 25.1 Å². The summed E-state index contributed by atoms with van der Waals surface area (Å²) in [5.41, 5.74) is 5.54. The molecule has 154 valence electrons. The number of halogens is 5. The Labute approximate surface area is 172 Å². The molecule has 0 bridgehead atoms. The molecule has 1 amide bonds. The van der Waals surface area contributed by atoms with Gasteiger partial charge in [-0.25, -0.2) is 4.98 Å². The van der Waals surface area contributed by atoms with Crippen LogP contribution in [0.4, 0.5) is 13.2 Å². The zero-order valence-corrected chi connectivity index (χ0v) is 16.2. The van der Waals surface area contributed by atoms with Crippen LogP contribution >= 0.6 is 24.8 Å². The number of nitrogens with zero attached hydrogens (tertiary/aromatic N) is 1. The molecular weight excluding hydrogens is 418 g/mol. The summed E-state index contributed by atoms with van der Waals surface area (Å²) in [6, 6.07) is 8.25. The Morgan fingerprint density at radius 2 is 1.82 bits per heavy atom. The summed E-state index contributed by atoms with van der Waals surface area (Å²) in [6.45, 7) is 0.428. The van der Waals surface area contributed by atoms with Gasteiger partial charge in [-0.05, 0) is 49.1 Å². The van der Waals surface area contributed by atoms with Crippen LogP contribution < -0.4 is 15.8 Å². The second kappa shape index (κ2) is 9.95. The molecule has 0 saturated heterocycles. The van der Waals surface area contributed by atoms with Crippen LogP contribution in [0.15, 0.2) is 42.6 Å². The Morgan fingerprint density at radius 3 is 2.32 bits per heavy atom. The first kappa shape index (κ1) is 24.0. The van der Waals surface area contributed by atoms with E-state index in [0.29, 0.717) is 30.0 Å². The number of amides is 1. The van der Waals surface area contributed by atoms with Crippen LogP contribution in [0.5, 0.6) is 11.6 Å². The fraction of sp³-hybridized carbons (Fsp3) is 0.333. The lowest BCUT2D eigenvalue weighted by Crippen LogP contribution is -2.38. The van der Waals surface area contributed by atoms with Gasteiger partial charge in [0.15, 0.2) is 0 Å². The third-order valence-electron chi connectivity index (χ3n) is 4.13. The number of carbonyl (C=O) groups excluding carboxylic acids is 1. The molecule has 1 atom stereocenters. The highest BCUT2D eigenvalue weighted by atomic mass is 35.5. The molecule has 1 heterocycles. The normalized spacial score (nSPS) is 14.3. The molecule has 5 nitrogen and oxygen atoms in total. The van der Waals surface area contributed by atoms with Crippen LogP contribution in [-0.2, 0) is 6.18 Å². The van der Waals surface area contributed by atoms with Gasteiger partial charge in [-0.15, -0.1) is 24.8 Å². The van der Waals surface area contributed by atoms with Gasteiger partial charge in [0.05, 0.1) is 5.56 Å². The van der Waals surface area contributed by atoms with Crippen molar-refractivity contribution in [3.05, 3.63) is 53.7 Å². The van der Waals surface area contributed by atoms with E-state index in [2.05, 4.69) is 10.3 Å². The highest BCUT2D eigenvalue weighted by Gasteiger charge is 2.31. The second-order valence-electron chi connectivity index (χ2n) is 6.22. The summed E-state index contributed by atoms with van der Waals surface area (Å²) in [4.78, 5) is 15.7. The van der Waals surface area contributed by atoms with Crippen molar-refractivity contribution in [2.75, 3.05) is 6.54 Å². The Morgan fingerprint density at radius 1 is 1.18 bits per heavy atom. The quantitative estimate of drug-likeness (QED) is 0.709. The number of pyridine rings is 1. The van der Waals surface area contributed by atoms with E-state index in [4.69, 9.17) is 10.5 Å². The number of benzene rings is 1. The van der Waals surface area contributed by atoms with Crippen molar-refractivity contribution in [1.82, 2.24) is 10.3 Å². The van der Waals surface area contributed by atoms with Gasteiger partial charge in [0.2, 0.25) is 5.88 Å². The number of aromatic nitrogens is 1. The van der Waals surface area contributed by atoms with Crippen LogP contribution in [0, 0.1) is 5.92 Å². The van der Waals surface area contributed by atoms with Gasteiger partial charge in [-0.3, -0.25) is 4.79 Å². The van der Waals surface area contributed by atoms with Crippen molar-refractivity contribution in [2.24, 2.45) is 11.7 Å². The fourth-order valence-electron chi connectivity index (χ4n) is 2.41. The largest absolute Gasteiger partial charge is 0.439 e. The molecule has 1 unspecified atom stereocenters. The molecule has 0 aliphatic heterocycles. The number of rotatable bonds is 6. The topological polar surface area (TPSA) is 77.2 Å². The molecule has 1 saturated carbocycles. The predicted molar refractivity (Wildman–Crippen MR) is 103 cm³/mol. The van der Waals surface area contributed by atoms with Gasteiger partial charge in [-0.2, -0.15) is 13.2 Å². The molecule has 1 fully saturated rings. The molecule has 0 radical (unpaired) electrons. The maximum absolute atomic E-state index is 12.5. The van der Waals surface area contributed by atoms with E-state index >= 15 is 0 Å². The van der Waals surface area contributed by atoms with Gasteiger partial charge in [-0.1, -0.05) is 0 Å². The first-order valence-corrected chi connectivity index (χ1v) is 8.18. The number of nitrogens with one attached hydrogen (secondary N) is 1. The van der Waals surface area contributed by atoms with Crippen molar-refractivity contribution < 1.29 is 22.7 Å². The van der Waals surface area contributed by atoms with Crippen LogP contribution in [0.25, 0.3) is 0 Å². The van der Waals surface area contributed by atoms with Crippen molar-refractivity contribution in [3.63, 3.8) is 0 Å². The first-order chi connectivity index (χ1) is 12.3. The Bertz CT molecular complexity index is 767. The molecule has 3 N–H and O–H groups in total. The van der Waals surface area contributed by atoms with E-state index in [9.17, 15) is 18.0 Å². The minimum atomic E-state index is -4.44. The highest BCUT2D eigenvalue weighted by Crippen LogP contribution is 2.31. The van der Waals surface area contributed by atoms with Gasteiger partial charge >= 0.3 is 6.18 Å². The number of alkyl halides is 3. The summed E-state index contributed by atoms with van der Waals surface area (Å²) in [5.74, 6) is 0.664. The molecule has 0 spiro atoms. The monoisotopic (exact) mass is 437 g/mol. The molecule has 1 aliphatic carbocycles. The number of nitrogens with two attached hydrogens (primary N) is 1. The fourth-order valence-corrected chi connectivity index (χ4v) is 2.41. The lowest BCUT2D eigenvalue weighted by atomic mass is 10.1. The number of ether oxygens (including phenoxy) is 1. The third-order valence-corrected chi connectivity index (χ3v) is 4.13. The SMILES string of the molecule is Cl.Cl.NC(CNC(=O)c1ccc(Oc2ccc(C(F)(F)F)cn2)cc1)C1CC1.